The first-order valence-corrected chi connectivity index (χ1v) is 6.87. The minimum absolute atomic E-state index is 0.0103. The van der Waals surface area contributed by atoms with Crippen LogP contribution in [0, 0.1) is 0 Å². The number of rotatable bonds is 5. The first-order chi connectivity index (χ1) is 9.61. The Hall–Kier alpha value is -1.88. The van der Waals surface area contributed by atoms with Crippen LogP contribution in [0.4, 0.5) is 0 Å². The van der Waals surface area contributed by atoms with Gasteiger partial charge in [0.1, 0.15) is 6.04 Å². The maximum absolute atomic E-state index is 12.5. The first kappa shape index (κ1) is 14.5. The minimum atomic E-state index is -0.376. The number of aromatic nitrogens is 3. The van der Waals surface area contributed by atoms with E-state index >= 15 is 0 Å². The Balaban J connectivity index is 2.09. The number of likely N-dealkylation sites (N-methyl/N-ethyl adjacent to an activating group) is 1. The van der Waals surface area contributed by atoms with Gasteiger partial charge in [-0.3, -0.25) is 14.5 Å². The Morgan fingerprint density at radius 2 is 2.30 bits per heavy atom. The molecule has 0 aromatic carbocycles. The fraction of sp³-hybridized carbons (Fsp3) is 0.357. The minimum Gasteiger partial charge on any atom is -0.337 e. The number of amides is 1. The molecule has 0 saturated carbocycles. The molecular formula is C14H17ClN4O. The molecule has 1 unspecified atom stereocenters. The van der Waals surface area contributed by atoms with Crippen LogP contribution < -0.4 is 0 Å². The second-order valence-corrected chi connectivity index (χ2v) is 4.96. The maximum Gasteiger partial charge on any atom is 0.247 e. The fourth-order valence-electron chi connectivity index (χ4n) is 1.96. The molecule has 5 nitrogen and oxygen atoms in total. The fourth-order valence-corrected chi connectivity index (χ4v) is 2.11. The number of pyridine rings is 1. The highest BCUT2D eigenvalue weighted by molar-refractivity contribution is 6.30. The maximum atomic E-state index is 12.5. The number of hydrogen-bond acceptors (Lipinski definition) is 3. The van der Waals surface area contributed by atoms with E-state index in [0.29, 0.717) is 18.1 Å². The lowest BCUT2D eigenvalue weighted by molar-refractivity contribution is -0.135. The molecule has 0 saturated heterocycles. The van der Waals surface area contributed by atoms with Crippen LogP contribution in [-0.2, 0) is 11.3 Å². The molecule has 0 aliphatic carbocycles. The second-order valence-electron chi connectivity index (χ2n) is 4.53. The van der Waals surface area contributed by atoms with E-state index in [2.05, 4.69) is 10.1 Å². The Labute approximate surface area is 123 Å². The van der Waals surface area contributed by atoms with Gasteiger partial charge in [0.15, 0.2) is 0 Å². The molecule has 0 N–H and O–H groups in total. The lowest BCUT2D eigenvalue weighted by Gasteiger charge is -2.24. The zero-order chi connectivity index (χ0) is 14.5. The molecule has 1 atom stereocenters. The van der Waals surface area contributed by atoms with Crippen molar-refractivity contribution >= 4 is 17.5 Å². The van der Waals surface area contributed by atoms with Crippen LogP contribution in [0.2, 0.25) is 5.02 Å². The summed E-state index contributed by atoms with van der Waals surface area (Å²) >= 11 is 5.84. The van der Waals surface area contributed by atoms with Crippen molar-refractivity contribution < 1.29 is 4.79 Å². The predicted octanol–water partition coefficient (Wildman–Crippen LogP) is 2.54. The molecule has 2 aromatic rings. The predicted molar refractivity (Wildman–Crippen MR) is 77.3 cm³/mol. The summed E-state index contributed by atoms with van der Waals surface area (Å²) in [6.07, 6.45) is 6.67. The molecule has 0 fully saturated rings. The average molecular weight is 293 g/mol. The molecule has 106 valence electrons. The molecule has 2 aromatic heterocycles. The monoisotopic (exact) mass is 292 g/mol. The van der Waals surface area contributed by atoms with Crippen LogP contribution in [0.1, 0.15) is 25.5 Å². The van der Waals surface area contributed by atoms with Crippen molar-refractivity contribution in [3.63, 3.8) is 0 Å². The average Bonchev–Trinajstić information content (AvgIpc) is 2.91. The smallest absolute Gasteiger partial charge is 0.247 e. The van der Waals surface area contributed by atoms with E-state index in [1.165, 1.54) is 6.20 Å². The summed E-state index contributed by atoms with van der Waals surface area (Å²) in [7, 11) is 0. The molecule has 20 heavy (non-hydrogen) atoms. The highest BCUT2D eigenvalue weighted by Crippen LogP contribution is 2.15. The molecule has 0 aliphatic heterocycles. The third-order valence-electron chi connectivity index (χ3n) is 3.11. The number of hydrogen-bond donors (Lipinski definition) is 0. The van der Waals surface area contributed by atoms with Gasteiger partial charge in [-0.15, -0.1) is 0 Å². The van der Waals surface area contributed by atoms with Gasteiger partial charge in [0.2, 0.25) is 5.91 Å². The van der Waals surface area contributed by atoms with Crippen molar-refractivity contribution in [3.8, 4) is 0 Å². The Kier molecular flexibility index (Phi) is 4.74. The van der Waals surface area contributed by atoms with Crippen LogP contribution in [0.15, 0.2) is 36.9 Å². The van der Waals surface area contributed by atoms with Gasteiger partial charge in [0.05, 0.1) is 11.2 Å². The van der Waals surface area contributed by atoms with Gasteiger partial charge in [0, 0.05) is 31.7 Å². The lowest BCUT2D eigenvalue weighted by atomic mass is 10.2. The zero-order valence-electron chi connectivity index (χ0n) is 11.5. The molecule has 2 rings (SSSR count). The third-order valence-corrected chi connectivity index (χ3v) is 3.31. The van der Waals surface area contributed by atoms with Crippen molar-refractivity contribution in [3.05, 3.63) is 47.5 Å². The van der Waals surface area contributed by atoms with E-state index in [-0.39, 0.29) is 11.9 Å². The second kappa shape index (κ2) is 6.52. The van der Waals surface area contributed by atoms with Gasteiger partial charge in [-0.05, 0) is 25.5 Å². The number of nitrogens with zero attached hydrogens (tertiary/aromatic N) is 4. The zero-order valence-corrected chi connectivity index (χ0v) is 12.3. The van der Waals surface area contributed by atoms with Crippen molar-refractivity contribution in [1.29, 1.82) is 0 Å². The van der Waals surface area contributed by atoms with Gasteiger partial charge in [-0.2, -0.15) is 5.10 Å². The summed E-state index contributed by atoms with van der Waals surface area (Å²) in [6, 6.07) is 3.45. The summed E-state index contributed by atoms with van der Waals surface area (Å²) in [5, 5.41) is 4.61. The molecular weight excluding hydrogens is 276 g/mol. The van der Waals surface area contributed by atoms with E-state index in [1.807, 2.05) is 26.0 Å². The highest BCUT2D eigenvalue weighted by atomic mass is 35.5. The summed E-state index contributed by atoms with van der Waals surface area (Å²) in [4.78, 5) is 18.3. The standard InChI is InChI=1S/C14H17ClN4O/c1-3-18(9-12-5-4-6-16-7-12)14(20)11(2)19-10-13(15)8-17-19/h4-8,10-11H,3,9H2,1-2H3. The third kappa shape index (κ3) is 3.36. The van der Waals surface area contributed by atoms with Crippen molar-refractivity contribution in [1.82, 2.24) is 19.7 Å². The largest absolute Gasteiger partial charge is 0.337 e. The molecule has 0 aliphatic rings. The normalized spacial score (nSPS) is 12.2. The van der Waals surface area contributed by atoms with Crippen LogP contribution in [0.5, 0.6) is 0 Å². The Morgan fingerprint density at radius 1 is 1.50 bits per heavy atom. The summed E-state index contributed by atoms with van der Waals surface area (Å²) in [6.45, 7) is 4.95. The van der Waals surface area contributed by atoms with Gasteiger partial charge >= 0.3 is 0 Å². The van der Waals surface area contributed by atoms with Crippen molar-refractivity contribution in [2.24, 2.45) is 0 Å². The number of carbonyl (C=O) groups is 1. The first-order valence-electron chi connectivity index (χ1n) is 6.49. The summed E-state index contributed by atoms with van der Waals surface area (Å²) in [5.74, 6) is 0.0103. The van der Waals surface area contributed by atoms with Crippen molar-refractivity contribution in [2.75, 3.05) is 6.54 Å². The highest BCUT2D eigenvalue weighted by Gasteiger charge is 2.21. The molecule has 6 heteroatoms. The Bertz CT molecular complexity index is 570. The van der Waals surface area contributed by atoms with E-state index in [1.54, 1.807) is 28.2 Å². The lowest BCUT2D eigenvalue weighted by Crippen LogP contribution is -2.35. The van der Waals surface area contributed by atoms with Gasteiger partial charge in [-0.1, -0.05) is 17.7 Å². The van der Waals surface area contributed by atoms with Gasteiger partial charge in [-0.25, -0.2) is 0 Å². The number of halogens is 1. The molecule has 1 amide bonds. The van der Waals surface area contributed by atoms with E-state index < -0.39 is 0 Å². The van der Waals surface area contributed by atoms with Crippen LogP contribution in [0.3, 0.4) is 0 Å². The summed E-state index contributed by atoms with van der Waals surface area (Å²) < 4.78 is 1.58. The van der Waals surface area contributed by atoms with Gasteiger partial charge in [0.25, 0.3) is 0 Å². The van der Waals surface area contributed by atoms with Crippen LogP contribution in [-0.4, -0.2) is 32.1 Å². The van der Waals surface area contributed by atoms with Crippen LogP contribution >= 0.6 is 11.6 Å². The van der Waals surface area contributed by atoms with Crippen molar-refractivity contribution in [2.45, 2.75) is 26.4 Å². The summed E-state index contributed by atoms with van der Waals surface area (Å²) in [5.41, 5.74) is 1.01. The molecule has 0 spiro atoms. The van der Waals surface area contributed by atoms with E-state index in [0.717, 1.165) is 5.56 Å². The quantitative estimate of drug-likeness (QED) is 0.851. The van der Waals surface area contributed by atoms with E-state index in [4.69, 9.17) is 11.6 Å². The molecule has 0 bridgehead atoms. The topological polar surface area (TPSA) is 51.0 Å². The van der Waals surface area contributed by atoms with E-state index in [9.17, 15) is 4.79 Å². The SMILES string of the molecule is CCN(Cc1cccnc1)C(=O)C(C)n1cc(Cl)cn1. The molecule has 2 heterocycles. The Morgan fingerprint density at radius 3 is 2.85 bits per heavy atom. The number of carbonyl (C=O) groups excluding carboxylic acids is 1. The molecule has 0 radical (unpaired) electrons. The van der Waals surface area contributed by atoms with Gasteiger partial charge < -0.3 is 4.90 Å². The van der Waals surface area contributed by atoms with Crippen LogP contribution in [0.25, 0.3) is 0 Å².